The SMILES string of the molecule is NCCNCC(=O)O.O=C(O)CN(CCN(CC(=O)O)CC(=O)O)CC(=O)O.O=C(O)CN(CCN(CC(=O)O)CC(=O)O)CCN(CC(=O)O)CC(=O)O. The number of aliphatic carboxylic acids is 10. The van der Waals surface area contributed by atoms with Crippen molar-refractivity contribution < 1.29 is 99.0 Å². The molecule has 0 amide bonds. The predicted octanol–water partition coefficient (Wildman–Crippen LogP) is -6.14. The Bertz CT molecular complexity index is 1130. The molecule has 0 bridgehead atoms. The molecule has 0 unspecified atom stereocenters. The molecule has 0 aromatic rings. The lowest BCUT2D eigenvalue weighted by molar-refractivity contribution is -0.145. The van der Waals surface area contributed by atoms with E-state index in [1.165, 1.54) is 4.90 Å². The number of hydrogen-bond donors (Lipinski definition) is 12. The molecule has 0 atom stereocenters. The van der Waals surface area contributed by atoms with Gasteiger partial charge in [-0.15, -0.1) is 0 Å². The molecule has 27 nitrogen and oxygen atoms in total. The Kier molecular flexibility index (Phi) is 31.2. The maximum Gasteiger partial charge on any atom is 0.317 e. The lowest BCUT2D eigenvalue weighted by atomic mass is 10.3. The highest BCUT2D eigenvalue weighted by atomic mass is 16.4. The predicted molar refractivity (Wildman–Crippen MR) is 180 cm³/mol. The van der Waals surface area contributed by atoms with Gasteiger partial charge in [0, 0.05) is 52.4 Å². The van der Waals surface area contributed by atoms with Crippen LogP contribution in [0.3, 0.4) is 0 Å². The van der Waals surface area contributed by atoms with E-state index >= 15 is 0 Å². The Labute approximate surface area is 312 Å². The van der Waals surface area contributed by atoms with Gasteiger partial charge in [0.25, 0.3) is 0 Å². The molecule has 0 aromatic carbocycles. The molecule has 27 heteroatoms. The van der Waals surface area contributed by atoms with Crippen LogP contribution in [0.15, 0.2) is 0 Å². The van der Waals surface area contributed by atoms with Crippen molar-refractivity contribution in [1.29, 1.82) is 0 Å². The van der Waals surface area contributed by atoms with Crippen LogP contribution in [-0.4, -0.2) is 253 Å². The molecule has 0 aliphatic heterocycles. The van der Waals surface area contributed by atoms with Crippen LogP contribution in [0.25, 0.3) is 0 Å². The molecular formula is C28H49N7O20. The second kappa shape index (κ2) is 31.9. The van der Waals surface area contributed by atoms with Crippen molar-refractivity contribution in [2.45, 2.75) is 0 Å². The zero-order chi connectivity index (χ0) is 43.1. The number of nitrogens with zero attached hydrogens (tertiary/aromatic N) is 5. The van der Waals surface area contributed by atoms with E-state index < -0.39 is 119 Å². The first-order valence-electron chi connectivity index (χ1n) is 15.7. The van der Waals surface area contributed by atoms with Crippen LogP contribution in [-0.2, 0) is 47.9 Å². The van der Waals surface area contributed by atoms with Gasteiger partial charge in [-0.2, -0.15) is 0 Å². The summed E-state index contributed by atoms with van der Waals surface area (Å²) in [6, 6.07) is 0. The molecule has 0 fully saturated rings. The summed E-state index contributed by atoms with van der Waals surface area (Å²) in [4.78, 5) is 112. The van der Waals surface area contributed by atoms with Crippen LogP contribution in [0.2, 0.25) is 0 Å². The van der Waals surface area contributed by atoms with Gasteiger partial charge in [-0.05, 0) is 0 Å². The summed E-state index contributed by atoms with van der Waals surface area (Å²) >= 11 is 0. The van der Waals surface area contributed by atoms with Crippen molar-refractivity contribution in [3.05, 3.63) is 0 Å². The molecule has 0 heterocycles. The Morgan fingerprint density at radius 1 is 0.327 bits per heavy atom. The molecule has 0 aliphatic rings. The van der Waals surface area contributed by atoms with Gasteiger partial charge in [0.2, 0.25) is 0 Å². The van der Waals surface area contributed by atoms with Gasteiger partial charge in [0.05, 0.1) is 65.4 Å². The standard InChI is InChI=1S/C14H23N3O10.C10H16N2O8.C4H10N2O2/c18-10(19)5-15(1-3-16(6-11(20)21)7-12(22)23)2-4-17(8-13(24)25)9-14(26)27;13-7(14)3-11(4-8(15)16)1-2-12(5-9(17)18)6-10(19)20;5-1-2-6-3-4(7)8/h1-9H2,(H,18,19)(H,20,21)(H,22,23)(H,24,25)(H,26,27);1-6H2,(H,13,14)(H,15,16)(H,17,18)(H,19,20);6H,1-3,5H2,(H,7,8). The fraction of sp³-hybridized carbons (Fsp3) is 0.643. The highest BCUT2D eigenvalue weighted by Gasteiger charge is 2.20. The first kappa shape index (κ1) is 53.8. The van der Waals surface area contributed by atoms with E-state index in [0.717, 1.165) is 19.6 Å². The third-order valence-electron chi connectivity index (χ3n) is 6.02. The summed E-state index contributed by atoms with van der Waals surface area (Å²) < 4.78 is 0. The van der Waals surface area contributed by atoms with Crippen LogP contribution in [0.1, 0.15) is 0 Å². The van der Waals surface area contributed by atoms with Crippen molar-refractivity contribution in [2.75, 3.05) is 118 Å². The minimum Gasteiger partial charge on any atom is -0.480 e. The number of rotatable bonds is 31. The molecular weight excluding hydrogens is 754 g/mol. The normalized spacial score (nSPS) is 10.7. The number of carbonyl (C=O) groups is 10. The van der Waals surface area contributed by atoms with E-state index in [1.54, 1.807) is 0 Å². The average Bonchev–Trinajstić information content (AvgIpc) is 2.99. The Hall–Kier alpha value is -5.58. The highest BCUT2D eigenvalue weighted by molar-refractivity contribution is 5.74. The van der Waals surface area contributed by atoms with Gasteiger partial charge in [0.1, 0.15) is 0 Å². The molecule has 0 saturated carbocycles. The topological polar surface area (TPSA) is 427 Å². The number of nitrogens with two attached hydrogens (primary N) is 1. The van der Waals surface area contributed by atoms with Crippen molar-refractivity contribution in [3.63, 3.8) is 0 Å². The summed E-state index contributed by atoms with van der Waals surface area (Å²) in [7, 11) is 0. The van der Waals surface area contributed by atoms with Crippen molar-refractivity contribution in [3.8, 4) is 0 Å². The fourth-order valence-corrected chi connectivity index (χ4v) is 3.99. The van der Waals surface area contributed by atoms with Crippen molar-refractivity contribution >= 4 is 59.7 Å². The molecule has 0 radical (unpaired) electrons. The number of hydrogen-bond acceptors (Lipinski definition) is 17. The molecule has 0 saturated heterocycles. The third kappa shape index (κ3) is 41.0. The summed E-state index contributed by atoms with van der Waals surface area (Å²) in [5.74, 6) is -11.9. The summed E-state index contributed by atoms with van der Waals surface area (Å²) in [5, 5.41) is 89.2. The second-order valence-electron chi connectivity index (χ2n) is 11.0. The minimum atomic E-state index is -1.24. The molecule has 316 valence electrons. The van der Waals surface area contributed by atoms with Crippen LogP contribution in [0.5, 0.6) is 0 Å². The van der Waals surface area contributed by atoms with Gasteiger partial charge in [-0.1, -0.05) is 0 Å². The zero-order valence-corrected chi connectivity index (χ0v) is 29.6. The smallest absolute Gasteiger partial charge is 0.317 e. The lowest BCUT2D eigenvalue weighted by Crippen LogP contribution is -2.45. The average molecular weight is 804 g/mol. The van der Waals surface area contributed by atoms with Gasteiger partial charge in [0.15, 0.2) is 0 Å². The van der Waals surface area contributed by atoms with E-state index in [-0.39, 0.29) is 45.8 Å². The molecule has 0 spiro atoms. The number of carboxylic acid groups (broad SMARTS) is 10. The maximum absolute atomic E-state index is 11.0. The van der Waals surface area contributed by atoms with E-state index in [0.29, 0.717) is 13.1 Å². The molecule has 0 rings (SSSR count). The maximum atomic E-state index is 11.0. The first-order valence-corrected chi connectivity index (χ1v) is 15.7. The molecule has 13 N–H and O–H groups in total. The van der Waals surface area contributed by atoms with Crippen LogP contribution in [0, 0.1) is 0 Å². The number of carboxylic acids is 10. The Morgan fingerprint density at radius 2 is 0.509 bits per heavy atom. The summed E-state index contributed by atoms with van der Waals surface area (Å²) in [5.41, 5.74) is 5.06. The van der Waals surface area contributed by atoms with Crippen molar-refractivity contribution in [2.24, 2.45) is 5.73 Å². The van der Waals surface area contributed by atoms with Crippen LogP contribution in [0.4, 0.5) is 0 Å². The minimum absolute atomic E-state index is 0.000836. The van der Waals surface area contributed by atoms with Gasteiger partial charge >= 0.3 is 59.7 Å². The summed E-state index contributed by atoms with van der Waals surface area (Å²) in [6.45, 7) is -3.95. The van der Waals surface area contributed by atoms with E-state index in [4.69, 9.17) is 56.8 Å². The Balaban J connectivity index is -0.000000843. The Morgan fingerprint density at radius 3 is 0.673 bits per heavy atom. The second-order valence-corrected chi connectivity index (χ2v) is 11.0. The highest BCUT2D eigenvalue weighted by Crippen LogP contribution is 1.98. The fourth-order valence-electron chi connectivity index (χ4n) is 3.99. The van der Waals surface area contributed by atoms with Crippen LogP contribution >= 0.6 is 0 Å². The monoisotopic (exact) mass is 803 g/mol. The third-order valence-corrected chi connectivity index (χ3v) is 6.02. The van der Waals surface area contributed by atoms with Crippen LogP contribution < -0.4 is 11.1 Å². The van der Waals surface area contributed by atoms with Gasteiger partial charge in [-0.25, -0.2) is 0 Å². The molecule has 0 aromatic heterocycles. The quantitative estimate of drug-likeness (QED) is 0.0290. The summed E-state index contributed by atoms with van der Waals surface area (Å²) in [6.07, 6.45) is 0. The molecule has 0 aliphatic carbocycles. The van der Waals surface area contributed by atoms with Gasteiger partial charge in [-0.3, -0.25) is 72.4 Å². The van der Waals surface area contributed by atoms with Crippen molar-refractivity contribution in [1.82, 2.24) is 29.8 Å². The first-order chi connectivity index (χ1) is 25.5. The van der Waals surface area contributed by atoms with Gasteiger partial charge < -0.3 is 62.1 Å². The lowest BCUT2D eigenvalue weighted by Gasteiger charge is -2.27. The van der Waals surface area contributed by atoms with E-state index in [1.807, 2.05) is 0 Å². The largest absolute Gasteiger partial charge is 0.480 e. The zero-order valence-electron chi connectivity index (χ0n) is 29.6. The van der Waals surface area contributed by atoms with E-state index in [2.05, 4.69) is 5.32 Å². The van der Waals surface area contributed by atoms with E-state index in [9.17, 15) is 47.9 Å². The number of nitrogens with one attached hydrogen (secondary N) is 1. The molecule has 55 heavy (non-hydrogen) atoms.